The minimum atomic E-state index is -1.18. The molecule has 0 bridgehead atoms. The molecule has 6 nitrogen and oxygen atoms in total. The number of aliphatic hydroxyl groups is 3. The van der Waals surface area contributed by atoms with Crippen LogP contribution in [0.25, 0.3) is 0 Å². The van der Waals surface area contributed by atoms with Gasteiger partial charge in [-0.15, -0.1) is 0 Å². The van der Waals surface area contributed by atoms with Gasteiger partial charge in [0, 0.05) is 6.92 Å². The van der Waals surface area contributed by atoms with Gasteiger partial charge >= 0.3 is 0 Å². The molecule has 2 unspecified atom stereocenters. The van der Waals surface area contributed by atoms with Crippen LogP contribution in [0.15, 0.2) is 5.10 Å². The minimum Gasteiger partial charge on any atom is -0.394 e. The van der Waals surface area contributed by atoms with E-state index < -0.39 is 24.9 Å². The molecule has 1 aliphatic heterocycles. The molecule has 0 saturated carbocycles. The molecular weight excluding hydrogens is 176 g/mol. The summed E-state index contributed by atoms with van der Waals surface area (Å²) in [5, 5.41) is 31.8. The Labute approximate surface area is 75.1 Å². The zero-order valence-electron chi connectivity index (χ0n) is 7.16. The van der Waals surface area contributed by atoms with Crippen LogP contribution in [-0.4, -0.2) is 57.3 Å². The third kappa shape index (κ3) is 1.85. The zero-order valence-corrected chi connectivity index (χ0v) is 7.16. The number of hydrogen-bond acceptors (Lipinski definition) is 5. The second-order valence-electron chi connectivity index (χ2n) is 2.86. The van der Waals surface area contributed by atoms with Gasteiger partial charge in [-0.05, 0) is 0 Å². The fourth-order valence-electron chi connectivity index (χ4n) is 1.24. The molecule has 0 saturated heterocycles. The second-order valence-corrected chi connectivity index (χ2v) is 2.86. The Hall–Kier alpha value is -0.980. The van der Waals surface area contributed by atoms with E-state index in [4.69, 9.17) is 5.11 Å². The molecule has 6 heteroatoms. The Kier molecular flexibility index (Phi) is 2.97. The van der Waals surface area contributed by atoms with Crippen LogP contribution in [0.1, 0.15) is 6.92 Å². The third-order valence-corrected chi connectivity index (χ3v) is 1.88. The largest absolute Gasteiger partial charge is 0.394 e. The van der Waals surface area contributed by atoms with Gasteiger partial charge in [0.05, 0.1) is 12.8 Å². The Morgan fingerprint density at radius 1 is 1.77 bits per heavy atom. The quantitative estimate of drug-likeness (QED) is 0.463. The molecule has 3 atom stereocenters. The van der Waals surface area contributed by atoms with Gasteiger partial charge in [-0.3, -0.25) is 4.79 Å². The highest BCUT2D eigenvalue weighted by molar-refractivity contribution is 5.79. The molecule has 3 N–H and O–H groups in total. The first kappa shape index (κ1) is 10.1. The maximum Gasteiger partial charge on any atom is 0.239 e. The SMILES string of the molecule is CC(=O)N1N=CC(O)[C@H]1C(O)CO. The second kappa shape index (κ2) is 3.82. The predicted molar refractivity (Wildman–Crippen MR) is 43.9 cm³/mol. The standard InChI is InChI=1S/C7H12N2O4/c1-4(11)9-7(6(13)3-10)5(12)2-8-9/h2,5-7,10,12-13H,3H2,1H3/t5?,6?,7-/m0/s1. The summed E-state index contributed by atoms with van der Waals surface area (Å²) in [6, 6.07) is -0.873. The number of aliphatic hydroxyl groups excluding tert-OH is 3. The molecule has 0 aliphatic carbocycles. The number of hydrazone groups is 1. The molecule has 0 aromatic rings. The molecule has 13 heavy (non-hydrogen) atoms. The van der Waals surface area contributed by atoms with Crippen LogP contribution in [0.4, 0.5) is 0 Å². The summed E-state index contributed by atoms with van der Waals surface area (Å²) in [4.78, 5) is 10.9. The molecule has 0 radical (unpaired) electrons. The van der Waals surface area contributed by atoms with Crippen molar-refractivity contribution in [3.8, 4) is 0 Å². The number of carbonyl (C=O) groups is 1. The van der Waals surface area contributed by atoms with Crippen molar-refractivity contribution in [1.29, 1.82) is 0 Å². The van der Waals surface area contributed by atoms with Crippen molar-refractivity contribution < 1.29 is 20.1 Å². The van der Waals surface area contributed by atoms with Crippen LogP contribution in [-0.2, 0) is 4.79 Å². The smallest absolute Gasteiger partial charge is 0.239 e. The zero-order chi connectivity index (χ0) is 10.0. The van der Waals surface area contributed by atoms with E-state index in [1.807, 2.05) is 0 Å². The summed E-state index contributed by atoms with van der Waals surface area (Å²) >= 11 is 0. The number of amides is 1. The lowest BCUT2D eigenvalue weighted by Crippen LogP contribution is -2.48. The van der Waals surface area contributed by atoms with E-state index in [9.17, 15) is 15.0 Å². The summed E-state index contributed by atoms with van der Waals surface area (Å²) in [6.07, 6.45) is -1.04. The number of rotatable bonds is 2. The van der Waals surface area contributed by atoms with Gasteiger partial charge in [-0.2, -0.15) is 5.10 Å². The average Bonchev–Trinajstić information content (AvgIpc) is 2.46. The minimum absolute atomic E-state index is 0.384. The topological polar surface area (TPSA) is 93.4 Å². The van der Waals surface area contributed by atoms with Gasteiger partial charge in [0.25, 0.3) is 0 Å². The van der Waals surface area contributed by atoms with Crippen molar-refractivity contribution in [3.05, 3.63) is 0 Å². The highest BCUT2D eigenvalue weighted by Crippen LogP contribution is 2.15. The van der Waals surface area contributed by atoms with E-state index in [2.05, 4.69) is 5.10 Å². The third-order valence-electron chi connectivity index (χ3n) is 1.88. The molecule has 0 fully saturated rings. The van der Waals surface area contributed by atoms with Gasteiger partial charge in [-0.1, -0.05) is 0 Å². The summed E-state index contributed by atoms with van der Waals surface area (Å²) < 4.78 is 0. The molecule has 1 amide bonds. The van der Waals surface area contributed by atoms with Crippen LogP contribution in [0.3, 0.4) is 0 Å². The molecule has 0 aromatic heterocycles. The molecule has 0 spiro atoms. The molecule has 74 valence electrons. The van der Waals surface area contributed by atoms with E-state index in [0.717, 1.165) is 11.2 Å². The van der Waals surface area contributed by atoms with E-state index in [1.165, 1.54) is 6.92 Å². The van der Waals surface area contributed by atoms with Crippen molar-refractivity contribution in [2.75, 3.05) is 6.61 Å². The van der Waals surface area contributed by atoms with Crippen molar-refractivity contribution in [2.24, 2.45) is 5.10 Å². The maximum atomic E-state index is 10.9. The van der Waals surface area contributed by atoms with Crippen LogP contribution >= 0.6 is 0 Å². The van der Waals surface area contributed by atoms with E-state index in [1.54, 1.807) is 0 Å². The number of hydrogen-bond donors (Lipinski definition) is 3. The maximum absolute atomic E-state index is 10.9. The van der Waals surface area contributed by atoms with Gasteiger partial charge in [0.2, 0.25) is 5.91 Å². The van der Waals surface area contributed by atoms with E-state index in [0.29, 0.717) is 0 Å². The normalized spacial score (nSPS) is 29.4. The van der Waals surface area contributed by atoms with Gasteiger partial charge in [0.1, 0.15) is 18.2 Å². The predicted octanol–water partition coefficient (Wildman–Crippen LogP) is -2.08. The van der Waals surface area contributed by atoms with Crippen molar-refractivity contribution in [1.82, 2.24) is 5.01 Å². The van der Waals surface area contributed by atoms with Crippen LogP contribution in [0.5, 0.6) is 0 Å². The van der Waals surface area contributed by atoms with Crippen LogP contribution < -0.4 is 0 Å². The first-order valence-electron chi connectivity index (χ1n) is 3.89. The summed E-state index contributed by atoms with van der Waals surface area (Å²) in [5.74, 6) is -0.384. The van der Waals surface area contributed by atoms with E-state index in [-0.39, 0.29) is 5.91 Å². The average molecular weight is 188 g/mol. The monoisotopic (exact) mass is 188 g/mol. The van der Waals surface area contributed by atoms with Crippen molar-refractivity contribution >= 4 is 12.1 Å². The Morgan fingerprint density at radius 3 is 2.85 bits per heavy atom. The molecule has 1 aliphatic rings. The van der Waals surface area contributed by atoms with Gasteiger partial charge in [0.15, 0.2) is 0 Å². The molecule has 1 rings (SSSR count). The summed E-state index contributed by atoms with van der Waals surface area (Å²) in [7, 11) is 0. The first-order valence-corrected chi connectivity index (χ1v) is 3.89. The van der Waals surface area contributed by atoms with Crippen molar-refractivity contribution in [3.63, 3.8) is 0 Å². The lowest BCUT2D eigenvalue weighted by molar-refractivity contribution is -0.135. The number of nitrogens with zero attached hydrogens (tertiary/aromatic N) is 2. The Balaban J connectivity index is 2.75. The fraction of sp³-hybridized carbons (Fsp3) is 0.714. The Morgan fingerprint density at radius 2 is 2.38 bits per heavy atom. The molecular formula is C7H12N2O4. The lowest BCUT2D eigenvalue weighted by Gasteiger charge is -2.25. The highest BCUT2D eigenvalue weighted by atomic mass is 16.3. The fourth-order valence-corrected chi connectivity index (χ4v) is 1.24. The highest BCUT2D eigenvalue weighted by Gasteiger charge is 2.37. The molecule has 1 heterocycles. The first-order chi connectivity index (χ1) is 6.07. The van der Waals surface area contributed by atoms with Crippen molar-refractivity contribution in [2.45, 2.75) is 25.2 Å². The van der Waals surface area contributed by atoms with Gasteiger partial charge < -0.3 is 15.3 Å². The Bertz CT molecular complexity index is 231. The van der Waals surface area contributed by atoms with Crippen LogP contribution in [0.2, 0.25) is 0 Å². The lowest BCUT2D eigenvalue weighted by atomic mass is 10.1. The number of carbonyl (C=O) groups excluding carboxylic acids is 1. The van der Waals surface area contributed by atoms with Crippen LogP contribution in [0, 0.1) is 0 Å². The molecule has 0 aromatic carbocycles. The summed E-state index contributed by atoms with van der Waals surface area (Å²) in [6.45, 7) is 0.751. The van der Waals surface area contributed by atoms with E-state index >= 15 is 0 Å². The summed E-state index contributed by atoms with van der Waals surface area (Å²) in [5.41, 5.74) is 0. The van der Waals surface area contributed by atoms with Gasteiger partial charge in [-0.25, -0.2) is 5.01 Å².